The first kappa shape index (κ1) is 17.0. The molecule has 0 atom stereocenters. The molecule has 3 aromatic rings. The molecule has 25 heavy (non-hydrogen) atoms. The predicted octanol–water partition coefficient (Wildman–Crippen LogP) is 4.15. The Hall–Kier alpha value is -2.84. The van der Waals surface area contributed by atoms with Crippen molar-refractivity contribution < 1.29 is 13.0 Å². The molecule has 1 aromatic heterocycles. The van der Waals surface area contributed by atoms with Crippen LogP contribution in [0.1, 0.15) is 11.4 Å². The minimum atomic E-state index is -4.22. The molecular formula is C17H16N4O3S. The van der Waals surface area contributed by atoms with Crippen molar-refractivity contribution in [2.45, 2.75) is 18.7 Å². The maximum Gasteiger partial charge on any atom is 0.294 e. The lowest BCUT2D eigenvalue weighted by atomic mass is 10.3. The lowest BCUT2D eigenvalue weighted by Crippen LogP contribution is -2.01. The number of azo groups is 1. The van der Waals surface area contributed by atoms with E-state index in [1.165, 1.54) is 12.1 Å². The molecule has 0 saturated heterocycles. The summed E-state index contributed by atoms with van der Waals surface area (Å²) in [6, 6.07) is 15.2. The summed E-state index contributed by atoms with van der Waals surface area (Å²) in [5, 5.41) is 12.9. The van der Waals surface area contributed by atoms with E-state index in [1.807, 2.05) is 44.2 Å². The summed E-state index contributed by atoms with van der Waals surface area (Å²) in [7, 11) is -4.22. The monoisotopic (exact) mass is 356 g/mol. The summed E-state index contributed by atoms with van der Waals surface area (Å²) in [6.45, 7) is 3.69. The van der Waals surface area contributed by atoms with Gasteiger partial charge in [0.05, 0.1) is 27.7 Å². The van der Waals surface area contributed by atoms with Gasteiger partial charge < -0.3 is 0 Å². The average Bonchev–Trinajstić information content (AvgIpc) is 2.87. The Labute approximate surface area is 145 Å². The van der Waals surface area contributed by atoms with Crippen LogP contribution in [0.4, 0.5) is 11.4 Å². The lowest BCUT2D eigenvalue weighted by Gasteiger charge is -2.05. The molecule has 7 nitrogen and oxygen atoms in total. The zero-order chi connectivity index (χ0) is 18.0. The van der Waals surface area contributed by atoms with Crippen molar-refractivity contribution >= 4 is 21.5 Å². The first-order valence-electron chi connectivity index (χ1n) is 7.47. The van der Waals surface area contributed by atoms with Crippen molar-refractivity contribution in [3.63, 3.8) is 0 Å². The van der Waals surface area contributed by atoms with Crippen LogP contribution in [0.3, 0.4) is 0 Å². The average molecular weight is 356 g/mol. The van der Waals surface area contributed by atoms with Crippen molar-refractivity contribution in [3.8, 4) is 5.69 Å². The topological polar surface area (TPSA) is 96.9 Å². The second kappa shape index (κ2) is 6.58. The lowest BCUT2D eigenvalue weighted by molar-refractivity contribution is 0.483. The number of aromatic nitrogens is 2. The van der Waals surface area contributed by atoms with Crippen molar-refractivity contribution in [3.05, 3.63) is 66.0 Å². The minimum Gasteiger partial charge on any atom is -0.282 e. The van der Waals surface area contributed by atoms with Gasteiger partial charge in [-0.2, -0.15) is 18.6 Å². The molecule has 8 heteroatoms. The Kier molecular flexibility index (Phi) is 4.47. The van der Waals surface area contributed by atoms with Gasteiger partial charge in [-0.1, -0.05) is 18.2 Å². The quantitative estimate of drug-likeness (QED) is 0.561. The van der Waals surface area contributed by atoms with Gasteiger partial charge in [0.2, 0.25) is 0 Å². The van der Waals surface area contributed by atoms with Gasteiger partial charge in [0.15, 0.2) is 0 Å². The van der Waals surface area contributed by atoms with E-state index in [-0.39, 0.29) is 4.90 Å². The van der Waals surface area contributed by atoms with E-state index in [4.69, 9.17) is 4.55 Å². The van der Waals surface area contributed by atoms with Gasteiger partial charge in [-0.3, -0.25) is 4.55 Å². The van der Waals surface area contributed by atoms with Gasteiger partial charge in [-0.15, -0.1) is 5.11 Å². The largest absolute Gasteiger partial charge is 0.294 e. The third-order valence-electron chi connectivity index (χ3n) is 3.65. The molecule has 3 rings (SSSR count). The molecule has 0 radical (unpaired) electrons. The van der Waals surface area contributed by atoms with Gasteiger partial charge in [0.25, 0.3) is 10.1 Å². The fourth-order valence-electron chi connectivity index (χ4n) is 2.39. The smallest absolute Gasteiger partial charge is 0.282 e. The van der Waals surface area contributed by atoms with Crippen LogP contribution < -0.4 is 0 Å². The fourth-order valence-corrected chi connectivity index (χ4v) is 2.87. The van der Waals surface area contributed by atoms with Crippen LogP contribution in [0.5, 0.6) is 0 Å². The number of benzene rings is 2. The second-order valence-electron chi connectivity index (χ2n) is 5.44. The minimum absolute atomic E-state index is 0.165. The van der Waals surface area contributed by atoms with E-state index in [0.29, 0.717) is 17.1 Å². The van der Waals surface area contributed by atoms with Gasteiger partial charge in [0, 0.05) is 0 Å². The first-order valence-corrected chi connectivity index (χ1v) is 8.91. The van der Waals surface area contributed by atoms with Crippen LogP contribution in [-0.2, 0) is 10.1 Å². The van der Waals surface area contributed by atoms with Crippen LogP contribution in [0, 0.1) is 13.8 Å². The summed E-state index contributed by atoms with van der Waals surface area (Å²) in [4.78, 5) is -0.165. The third kappa shape index (κ3) is 3.65. The molecule has 128 valence electrons. The maximum atomic E-state index is 11.1. The zero-order valence-corrected chi connectivity index (χ0v) is 14.5. The van der Waals surface area contributed by atoms with Gasteiger partial charge in [0.1, 0.15) is 5.69 Å². The van der Waals surface area contributed by atoms with Crippen molar-refractivity contribution in [2.75, 3.05) is 0 Å². The zero-order valence-electron chi connectivity index (χ0n) is 13.7. The molecule has 0 unspecified atom stereocenters. The highest BCUT2D eigenvalue weighted by atomic mass is 32.2. The van der Waals surface area contributed by atoms with E-state index in [2.05, 4.69) is 15.3 Å². The van der Waals surface area contributed by atoms with Crippen LogP contribution in [0.25, 0.3) is 5.69 Å². The number of aryl methyl sites for hydroxylation is 1. The molecule has 1 heterocycles. The molecule has 1 N–H and O–H groups in total. The molecule has 0 aliphatic heterocycles. The van der Waals surface area contributed by atoms with Crippen molar-refractivity contribution in [1.82, 2.24) is 9.78 Å². The summed E-state index contributed by atoms with van der Waals surface area (Å²) < 4.78 is 33.0. The first-order chi connectivity index (χ1) is 11.9. The van der Waals surface area contributed by atoms with Crippen LogP contribution >= 0.6 is 0 Å². The molecule has 0 aliphatic carbocycles. The third-order valence-corrected chi connectivity index (χ3v) is 4.52. The SMILES string of the molecule is Cc1nn(-c2ccc(S(=O)(=O)O)cc2)c(C)c1N=Nc1ccccc1. The highest BCUT2D eigenvalue weighted by molar-refractivity contribution is 7.85. The van der Waals surface area contributed by atoms with Crippen molar-refractivity contribution in [1.29, 1.82) is 0 Å². The van der Waals surface area contributed by atoms with Crippen molar-refractivity contribution in [2.24, 2.45) is 10.2 Å². The molecule has 0 fully saturated rings. The molecule has 0 bridgehead atoms. The Balaban J connectivity index is 1.96. The van der Waals surface area contributed by atoms with E-state index < -0.39 is 10.1 Å². The highest BCUT2D eigenvalue weighted by Gasteiger charge is 2.14. The van der Waals surface area contributed by atoms with Crippen LogP contribution in [0.15, 0.2) is 69.7 Å². The summed E-state index contributed by atoms with van der Waals surface area (Å²) >= 11 is 0. The summed E-state index contributed by atoms with van der Waals surface area (Å²) in [6.07, 6.45) is 0. The molecule has 0 saturated carbocycles. The van der Waals surface area contributed by atoms with E-state index in [9.17, 15) is 8.42 Å². The fraction of sp³-hybridized carbons (Fsp3) is 0.118. The molecule has 0 spiro atoms. The summed E-state index contributed by atoms with van der Waals surface area (Å²) in [5.74, 6) is 0. The van der Waals surface area contributed by atoms with E-state index in [1.54, 1.807) is 16.8 Å². The van der Waals surface area contributed by atoms with E-state index >= 15 is 0 Å². The maximum absolute atomic E-state index is 11.1. The molecule has 0 aliphatic rings. The van der Waals surface area contributed by atoms with Gasteiger partial charge >= 0.3 is 0 Å². The Bertz CT molecular complexity index is 1020. The summed E-state index contributed by atoms with van der Waals surface area (Å²) in [5.41, 5.74) is 3.54. The molecule has 2 aromatic carbocycles. The Morgan fingerprint density at radius 2 is 1.60 bits per heavy atom. The number of nitrogens with zero attached hydrogens (tertiary/aromatic N) is 4. The normalized spacial score (nSPS) is 12.0. The van der Waals surface area contributed by atoms with Crippen LogP contribution in [-0.4, -0.2) is 22.8 Å². The molecule has 0 amide bonds. The molecular weight excluding hydrogens is 340 g/mol. The number of hydrogen-bond donors (Lipinski definition) is 1. The Morgan fingerprint density at radius 3 is 2.20 bits per heavy atom. The predicted molar refractivity (Wildman–Crippen MR) is 93.5 cm³/mol. The second-order valence-corrected chi connectivity index (χ2v) is 6.86. The van der Waals surface area contributed by atoms with Gasteiger partial charge in [-0.05, 0) is 50.2 Å². The van der Waals surface area contributed by atoms with Gasteiger partial charge in [-0.25, -0.2) is 4.68 Å². The number of rotatable bonds is 4. The van der Waals surface area contributed by atoms with E-state index in [0.717, 1.165) is 11.4 Å². The van der Waals surface area contributed by atoms with Crippen LogP contribution in [0.2, 0.25) is 0 Å². The standard InChI is InChI=1S/C17H16N4O3S/c1-12-17(19-18-14-6-4-3-5-7-14)13(2)21(20-12)15-8-10-16(11-9-15)25(22,23)24/h3-11H,1-2H3,(H,22,23,24). The number of hydrogen-bond acceptors (Lipinski definition) is 5. The highest BCUT2D eigenvalue weighted by Crippen LogP contribution is 2.28. The Morgan fingerprint density at radius 1 is 0.960 bits per heavy atom.